The fraction of sp³-hybridized carbons (Fsp3) is 0.154. The summed E-state index contributed by atoms with van der Waals surface area (Å²) in [5.74, 6) is 0. The predicted molar refractivity (Wildman–Crippen MR) is 66.2 cm³/mol. The molecule has 90 valence electrons. The van der Waals surface area contributed by atoms with Crippen molar-refractivity contribution in [1.29, 1.82) is 5.26 Å². The highest BCUT2D eigenvalue weighted by Gasteiger charge is 2.09. The first kappa shape index (κ1) is 11.9. The van der Waals surface area contributed by atoms with Crippen LogP contribution in [0, 0.1) is 11.3 Å². The molecule has 1 heterocycles. The van der Waals surface area contributed by atoms with E-state index in [1.165, 1.54) is 17.8 Å². The highest BCUT2D eigenvalue weighted by molar-refractivity contribution is 5.23. The van der Waals surface area contributed by atoms with Crippen molar-refractivity contribution in [2.45, 2.75) is 6.54 Å². The smallest absolute Gasteiger partial charge is 0.302 e. The quantitative estimate of drug-likeness (QED) is 0.767. The lowest BCUT2D eigenvalue weighted by Crippen LogP contribution is -2.40. The Hall–Kier alpha value is -2.61. The van der Waals surface area contributed by atoms with Crippen LogP contribution in [0.3, 0.4) is 0 Å². The molecule has 0 radical (unpaired) electrons. The number of hydrogen-bond acceptors (Lipinski definition) is 3. The fourth-order valence-electron chi connectivity index (χ4n) is 1.71. The molecular weight excluding hydrogens is 230 g/mol. The molecular formula is C13H11N3O2. The average Bonchev–Trinajstić information content (AvgIpc) is 2.40. The molecule has 1 aromatic carbocycles. The molecule has 2 rings (SSSR count). The zero-order valence-corrected chi connectivity index (χ0v) is 9.83. The number of nitriles is 1. The lowest BCUT2D eigenvalue weighted by atomic mass is 10.2. The van der Waals surface area contributed by atoms with Crippen molar-refractivity contribution in [1.82, 2.24) is 9.13 Å². The number of hydrogen-bond donors (Lipinski definition) is 0. The molecule has 0 unspecified atom stereocenters. The van der Waals surface area contributed by atoms with E-state index in [0.717, 1.165) is 10.1 Å². The largest absolute Gasteiger partial charge is 0.331 e. The van der Waals surface area contributed by atoms with E-state index in [2.05, 4.69) is 0 Å². The van der Waals surface area contributed by atoms with E-state index in [1.807, 2.05) is 30.3 Å². The summed E-state index contributed by atoms with van der Waals surface area (Å²) in [4.78, 5) is 23.8. The van der Waals surface area contributed by atoms with Gasteiger partial charge < -0.3 is 4.57 Å². The Morgan fingerprint density at radius 3 is 2.50 bits per heavy atom. The van der Waals surface area contributed by atoms with Crippen LogP contribution in [-0.2, 0) is 13.6 Å². The van der Waals surface area contributed by atoms with E-state index in [-0.39, 0.29) is 12.1 Å². The van der Waals surface area contributed by atoms with Crippen molar-refractivity contribution in [2.24, 2.45) is 7.05 Å². The van der Waals surface area contributed by atoms with Gasteiger partial charge in [0.1, 0.15) is 11.6 Å². The van der Waals surface area contributed by atoms with Gasteiger partial charge in [-0.1, -0.05) is 30.3 Å². The van der Waals surface area contributed by atoms with Gasteiger partial charge in [0.2, 0.25) is 0 Å². The van der Waals surface area contributed by atoms with Gasteiger partial charge in [-0.15, -0.1) is 0 Å². The maximum Gasteiger partial charge on any atom is 0.331 e. The topological polar surface area (TPSA) is 67.8 Å². The van der Waals surface area contributed by atoms with Crippen molar-refractivity contribution < 1.29 is 0 Å². The summed E-state index contributed by atoms with van der Waals surface area (Å²) >= 11 is 0. The fourth-order valence-corrected chi connectivity index (χ4v) is 1.71. The van der Waals surface area contributed by atoms with Gasteiger partial charge in [-0.3, -0.25) is 9.36 Å². The molecule has 0 bridgehead atoms. The molecule has 5 nitrogen and oxygen atoms in total. The number of nitrogens with zero attached hydrogens (tertiary/aromatic N) is 3. The molecule has 0 atom stereocenters. The van der Waals surface area contributed by atoms with Gasteiger partial charge in [0.15, 0.2) is 0 Å². The van der Waals surface area contributed by atoms with Gasteiger partial charge in [-0.25, -0.2) is 4.79 Å². The van der Waals surface area contributed by atoms with Crippen molar-refractivity contribution in [2.75, 3.05) is 0 Å². The van der Waals surface area contributed by atoms with E-state index >= 15 is 0 Å². The third kappa shape index (κ3) is 2.09. The number of rotatable bonds is 2. The van der Waals surface area contributed by atoms with Crippen LogP contribution in [0.2, 0.25) is 0 Å². The Morgan fingerprint density at radius 2 is 1.89 bits per heavy atom. The Bertz CT molecular complexity index is 721. The lowest BCUT2D eigenvalue weighted by molar-refractivity contribution is 0.636. The van der Waals surface area contributed by atoms with Crippen LogP contribution >= 0.6 is 0 Å². The molecule has 1 aromatic heterocycles. The van der Waals surface area contributed by atoms with Crippen LogP contribution in [0.25, 0.3) is 0 Å². The standard InChI is InChI=1S/C13H11N3O2/c1-15-9-11(7-14)12(17)16(13(15)18)8-10-5-3-2-4-6-10/h2-6,9H,8H2,1H3. The van der Waals surface area contributed by atoms with E-state index in [4.69, 9.17) is 5.26 Å². The third-order valence-corrected chi connectivity index (χ3v) is 2.63. The minimum absolute atomic E-state index is 0.0342. The molecule has 18 heavy (non-hydrogen) atoms. The zero-order valence-electron chi connectivity index (χ0n) is 9.83. The van der Waals surface area contributed by atoms with E-state index in [0.29, 0.717) is 0 Å². The second-order valence-corrected chi connectivity index (χ2v) is 3.92. The summed E-state index contributed by atoms with van der Waals surface area (Å²) in [5, 5.41) is 8.85. The van der Waals surface area contributed by atoms with Crippen LogP contribution < -0.4 is 11.2 Å². The number of benzene rings is 1. The Labute approximate surface area is 103 Å². The highest BCUT2D eigenvalue weighted by atomic mass is 16.2. The van der Waals surface area contributed by atoms with E-state index < -0.39 is 11.2 Å². The summed E-state index contributed by atoms with van der Waals surface area (Å²) < 4.78 is 2.30. The molecule has 2 aromatic rings. The Morgan fingerprint density at radius 1 is 1.22 bits per heavy atom. The number of aryl methyl sites for hydroxylation is 1. The van der Waals surface area contributed by atoms with Crippen LogP contribution in [0.4, 0.5) is 0 Å². The first-order chi connectivity index (χ1) is 8.63. The Kier molecular flexibility index (Phi) is 3.11. The number of aromatic nitrogens is 2. The second kappa shape index (κ2) is 4.72. The van der Waals surface area contributed by atoms with Crippen molar-refractivity contribution in [3.8, 4) is 6.07 Å². The second-order valence-electron chi connectivity index (χ2n) is 3.92. The molecule has 0 spiro atoms. The molecule has 0 amide bonds. The summed E-state index contributed by atoms with van der Waals surface area (Å²) in [6, 6.07) is 11.0. The minimum atomic E-state index is -0.551. The normalized spacial score (nSPS) is 10.0. The predicted octanol–water partition coefficient (Wildman–Crippen LogP) is 0.467. The molecule has 5 heteroatoms. The summed E-state index contributed by atoms with van der Waals surface area (Å²) in [7, 11) is 1.52. The van der Waals surface area contributed by atoms with Gasteiger partial charge in [0, 0.05) is 13.2 Å². The SMILES string of the molecule is Cn1cc(C#N)c(=O)n(Cc2ccccc2)c1=O. The highest BCUT2D eigenvalue weighted by Crippen LogP contribution is 1.99. The summed E-state index contributed by atoms with van der Waals surface area (Å²) in [6.07, 6.45) is 1.26. The van der Waals surface area contributed by atoms with Gasteiger partial charge in [-0.2, -0.15) is 5.26 Å². The maximum atomic E-state index is 11.9. The van der Waals surface area contributed by atoms with Crippen LogP contribution in [0.5, 0.6) is 0 Å². The average molecular weight is 241 g/mol. The van der Waals surface area contributed by atoms with Crippen LogP contribution in [0.15, 0.2) is 46.1 Å². The first-order valence-electron chi connectivity index (χ1n) is 5.38. The lowest BCUT2D eigenvalue weighted by Gasteiger charge is -2.07. The molecule has 0 saturated heterocycles. The molecule has 0 aliphatic carbocycles. The summed E-state index contributed by atoms with van der Waals surface area (Å²) in [6.45, 7) is 0.169. The third-order valence-electron chi connectivity index (χ3n) is 2.63. The van der Waals surface area contributed by atoms with Crippen LogP contribution in [0.1, 0.15) is 11.1 Å². The van der Waals surface area contributed by atoms with Crippen molar-refractivity contribution in [3.63, 3.8) is 0 Å². The zero-order chi connectivity index (χ0) is 13.1. The van der Waals surface area contributed by atoms with E-state index in [9.17, 15) is 9.59 Å². The molecule has 0 aliphatic heterocycles. The minimum Gasteiger partial charge on any atom is -0.302 e. The molecule has 0 saturated carbocycles. The molecule has 0 fully saturated rings. The van der Waals surface area contributed by atoms with Crippen molar-refractivity contribution >= 4 is 0 Å². The maximum absolute atomic E-state index is 11.9. The molecule has 0 N–H and O–H groups in total. The van der Waals surface area contributed by atoms with Crippen LogP contribution in [-0.4, -0.2) is 9.13 Å². The van der Waals surface area contributed by atoms with Crippen molar-refractivity contribution in [3.05, 3.63) is 68.5 Å². The monoisotopic (exact) mass is 241 g/mol. The van der Waals surface area contributed by atoms with E-state index in [1.54, 1.807) is 6.07 Å². The van der Waals surface area contributed by atoms with Gasteiger partial charge >= 0.3 is 5.69 Å². The molecule has 0 aliphatic rings. The Balaban J connectivity index is 2.59. The van der Waals surface area contributed by atoms with Gasteiger partial charge in [0.05, 0.1) is 6.54 Å². The summed E-state index contributed by atoms with van der Waals surface area (Å²) in [5.41, 5.74) is -0.174. The first-order valence-corrected chi connectivity index (χ1v) is 5.38. The van der Waals surface area contributed by atoms with Gasteiger partial charge in [-0.05, 0) is 5.56 Å². The van der Waals surface area contributed by atoms with Gasteiger partial charge in [0.25, 0.3) is 5.56 Å².